The van der Waals surface area contributed by atoms with Crippen LogP contribution in [0, 0.1) is 0 Å². The fraction of sp³-hybridized carbons (Fsp3) is 0.556. The molecule has 6 nitrogen and oxygen atoms in total. The number of amides is 1. The number of hydrogen-bond acceptors (Lipinski definition) is 5. The van der Waals surface area contributed by atoms with E-state index in [0.717, 1.165) is 17.7 Å². The molecule has 0 spiro atoms. The maximum atomic E-state index is 11.8. The van der Waals surface area contributed by atoms with E-state index in [9.17, 15) is 14.7 Å². The summed E-state index contributed by atoms with van der Waals surface area (Å²) in [4.78, 5) is 23.2. The molecule has 0 aliphatic rings. The zero-order valence-corrected chi connectivity index (χ0v) is 14.6. The number of nitrogens with one attached hydrogen (secondary N) is 1. The van der Waals surface area contributed by atoms with E-state index in [-0.39, 0.29) is 25.5 Å². The first-order valence-corrected chi connectivity index (χ1v) is 8.14. The number of rotatable bonds is 10. The Morgan fingerprint density at radius 2 is 1.92 bits per heavy atom. The molecule has 1 amide bonds. The molecule has 2 N–H and O–H groups in total. The van der Waals surface area contributed by atoms with Crippen LogP contribution in [0.5, 0.6) is 5.75 Å². The lowest BCUT2D eigenvalue weighted by Crippen LogP contribution is -2.42. The first kappa shape index (κ1) is 20.0. The highest BCUT2D eigenvalue weighted by atomic mass is 16.5. The average Bonchev–Trinajstić information content (AvgIpc) is 2.53. The molecule has 1 aromatic rings. The topological polar surface area (TPSA) is 84.9 Å². The first-order valence-electron chi connectivity index (χ1n) is 8.14. The molecular weight excluding hydrogens is 310 g/mol. The van der Waals surface area contributed by atoms with Crippen LogP contribution in [-0.4, -0.2) is 42.8 Å². The number of esters is 1. The SMILES string of the molecule is CCOC(=O)C[C@@](C)(O)CNC(=O)CCCc1ccc(OC)cc1. The van der Waals surface area contributed by atoms with Gasteiger partial charge in [-0.25, -0.2) is 0 Å². The Bertz CT molecular complexity index is 525. The molecule has 24 heavy (non-hydrogen) atoms. The third-order valence-corrected chi connectivity index (χ3v) is 3.53. The zero-order valence-electron chi connectivity index (χ0n) is 14.6. The van der Waals surface area contributed by atoms with Crippen molar-refractivity contribution in [3.8, 4) is 5.75 Å². The van der Waals surface area contributed by atoms with Gasteiger partial charge < -0.3 is 19.9 Å². The highest BCUT2D eigenvalue weighted by molar-refractivity contribution is 5.76. The summed E-state index contributed by atoms with van der Waals surface area (Å²) in [5.41, 5.74) is -0.171. The van der Waals surface area contributed by atoms with Crippen LogP contribution in [-0.2, 0) is 20.7 Å². The van der Waals surface area contributed by atoms with Crippen molar-refractivity contribution in [2.45, 2.75) is 45.1 Å². The molecular formula is C18H27NO5. The van der Waals surface area contributed by atoms with E-state index >= 15 is 0 Å². The van der Waals surface area contributed by atoms with Crippen LogP contribution >= 0.6 is 0 Å². The molecule has 0 fully saturated rings. The summed E-state index contributed by atoms with van der Waals surface area (Å²) in [7, 11) is 1.62. The normalized spacial score (nSPS) is 13.0. The Morgan fingerprint density at radius 3 is 2.50 bits per heavy atom. The van der Waals surface area contributed by atoms with Gasteiger partial charge in [0.2, 0.25) is 5.91 Å². The van der Waals surface area contributed by atoms with Gasteiger partial charge in [0.15, 0.2) is 0 Å². The van der Waals surface area contributed by atoms with Gasteiger partial charge in [-0.15, -0.1) is 0 Å². The van der Waals surface area contributed by atoms with Gasteiger partial charge in [0.1, 0.15) is 5.75 Å². The number of carbonyl (C=O) groups is 2. The highest BCUT2D eigenvalue weighted by Crippen LogP contribution is 2.13. The lowest BCUT2D eigenvalue weighted by atomic mass is 10.0. The Kier molecular flexibility index (Phi) is 8.26. The van der Waals surface area contributed by atoms with Crippen molar-refractivity contribution in [2.75, 3.05) is 20.3 Å². The maximum Gasteiger partial charge on any atom is 0.308 e. The third-order valence-electron chi connectivity index (χ3n) is 3.53. The smallest absolute Gasteiger partial charge is 0.308 e. The molecule has 0 heterocycles. The molecule has 0 aromatic heterocycles. The second kappa shape index (κ2) is 9.93. The van der Waals surface area contributed by atoms with Crippen molar-refractivity contribution in [1.82, 2.24) is 5.32 Å². The summed E-state index contributed by atoms with van der Waals surface area (Å²) >= 11 is 0. The van der Waals surface area contributed by atoms with Gasteiger partial charge in [-0.3, -0.25) is 9.59 Å². The van der Waals surface area contributed by atoms with Crippen molar-refractivity contribution >= 4 is 11.9 Å². The Balaban J connectivity index is 2.26. The quantitative estimate of drug-likeness (QED) is 0.636. The van der Waals surface area contributed by atoms with Crippen LogP contribution in [0.15, 0.2) is 24.3 Å². The number of benzene rings is 1. The second-order valence-corrected chi connectivity index (χ2v) is 5.96. The third kappa shape index (κ3) is 7.97. The molecule has 0 unspecified atom stereocenters. The Morgan fingerprint density at radius 1 is 1.25 bits per heavy atom. The maximum absolute atomic E-state index is 11.8. The minimum Gasteiger partial charge on any atom is -0.497 e. The summed E-state index contributed by atoms with van der Waals surface area (Å²) < 4.78 is 9.89. The summed E-state index contributed by atoms with van der Waals surface area (Å²) in [5, 5.41) is 12.7. The molecule has 1 atom stereocenters. The fourth-order valence-corrected chi connectivity index (χ4v) is 2.21. The van der Waals surface area contributed by atoms with Gasteiger partial charge in [0.25, 0.3) is 0 Å². The molecule has 0 saturated heterocycles. The van der Waals surface area contributed by atoms with Crippen LogP contribution in [0.3, 0.4) is 0 Å². The predicted octanol–water partition coefficient (Wildman–Crippen LogP) is 1.84. The van der Waals surface area contributed by atoms with Crippen LogP contribution in [0.4, 0.5) is 0 Å². The Labute approximate surface area is 143 Å². The largest absolute Gasteiger partial charge is 0.497 e. The number of ether oxygens (including phenoxy) is 2. The number of aliphatic hydroxyl groups is 1. The standard InChI is InChI=1S/C18H27NO5/c1-4-24-17(21)12-18(2,22)13-19-16(20)7-5-6-14-8-10-15(23-3)11-9-14/h8-11,22H,4-7,12-13H2,1-3H3,(H,19,20)/t18-/m1/s1. The Hall–Kier alpha value is -2.08. The van der Waals surface area contributed by atoms with Crippen molar-refractivity contribution < 1.29 is 24.2 Å². The predicted molar refractivity (Wildman–Crippen MR) is 90.8 cm³/mol. The van der Waals surface area contributed by atoms with Gasteiger partial charge >= 0.3 is 5.97 Å². The summed E-state index contributed by atoms with van der Waals surface area (Å²) in [5.74, 6) is 0.184. The van der Waals surface area contributed by atoms with Gasteiger partial charge in [-0.1, -0.05) is 12.1 Å². The summed E-state index contributed by atoms with van der Waals surface area (Å²) in [6.45, 7) is 3.50. The monoisotopic (exact) mass is 337 g/mol. The average molecular weight is 337 g/mol. The number of aryl methyl sites for hydroxylation is 1. The van der Waals surface area contributed by atoms with E-state index in [2.05, 4.69) is 5.32 Å². The van der Waals surface area contributed by atoms with Gasteiger partial charge in [-0.2, -0.15) is 0 Å². The molecule has 0 bridgehead atoms. The fourth-order valence-electron chi connectivity index (χ4n) is 2.21. The van der Waals surface area contributed by atoms with E-state index in [0.29, 0.717) is 12.8 Å². The lowest BCUT2D eigenvalue weighted by molar-refractivity contribution is -0.148. The molecule has 1 aromatic carbocycles. The van der Waals surface area contributed by atoms with E-state index in [1.54, 1.807) is 14.0 Å². The van der Waals surface area contributed by atoms with Crippen LogP contribution < -0.4 is 10.1 Å². The zero-order chi connectivity index (χ0) is 18.0. The molecule has 0 aliphatic heterocycles. The first-order chi connectivity index (χ1) is 11.4. The minimum absolute atomic E-state index is 0.0210. The van der Waals surface area contributed by atoms with E-state index in [1.807, 2.05) is 24.3 Å². The summed E-state index contributed by atoms with van der Waals surface area (Å²) in [6, 6.07) is 7.73. The van der Waals surface area contributed by atoms with Gasteiger partial charge in [-0.05, 0) is 44.4 Å². The molecule has 0 radical (unpaired) electrons. The minimum atomic E-state index is -1.31. The summed E-state index contributed by atoms with van der Waals surface area (Å²) in [6.07, 6.45) is 1.71. The van der Waals surface area contributed by atoms with Crippen LogP contribution in [0.1, 0.15) is 38.7 Å². The van der Waals surface area contributed by atoms with E-state index in [1.165, 1.54) is 6.92 Å². The van der Waals surface area contributed by atoms with Crippen molar-refractivity contribution in [3.05, 3.63) is 29.8 Å². The van der Waals surface area contributed by atoms with Crippen LogP contribution in [0.2, 0.25) is 0 Å². The molecule has 0 saturated carbocycles. The van der Waals surface area contributed by atoms with Gasteiger partial charge in [0.05, 0.1) is 25.7 Å². The lowest BCUT2D eigenvalue weighted by Gasteiger charge is -2.22. The second-order valence-electron chi connectivity index (χ2n) is 5.96. The van der Waals surface area contributed by atoms with Crippen LogP contribution in [0.25, 0.3) is 0 Å². The number of hydrogen-bond donors (Lipinski definition) is 2. The van der Waals surface area contributed by atoms with E-state index in [4.69, 9.17) is 9.47 Å². The van der Waals surface area contributed by atoms with Gasteiger partial charge in [0, 0.05) is 13.0 Å². The number of carbonyl (C=O) groups excluding carboxylic acids is 2. The van der Waals surface area contributed by atoms with Crippen molar-refractivity contribution in [1.29, 1.82) is 0 Å². The highest BCUT2D eigenvalue weighted by Gasteiger charge is 2.25. The van der Waals surface area contributed by atoms with Crippen molar-refractivity contribution in [2.24, 2.45) is 0 Å². The number of methoxy groups -OCH3 is 1. The van der Waals surface area contributed by atoms with E-state index < -0.39 is 11.6 Å². The molecule has 6 heteroatoms. The molecule has 1 rings (SSSR count). The molecule has 134 valence electrons. The molecule has 0 aliphatic carbocycles. The van der Waals surface area contributed by atoms with Crippen molar-refractivity contribution in [3.63, 3.8) is 0 Å².